The first-order chi connectivity index (χ1) is 9.15. The zero-order chi connectivity index (χ0) is 13.7. The molecule has 2 rings (SSSR count). The van der Waals surface area contributed by atoms with Gasteiger partial charge in [0.15, 0.2) is 0 Å². The lowest BCUT2D eigenvalue weighted by atomic mass is 10.2. The molecule has 2 aliphatic heterocycles. The number of carbonyl (C=O) groups excluding carboxylic acids is 1. The lowest BCUT2D eigenvalue weighted by Gasteiger charge is -2.23. The van der Waals surface area contributed by atoms with Crippen LogP contribution in [0.25, 0.3) is 0 Å². The summed E-state index contributed by atoms with van der Waals surface area (Å²) in [5, 5.41) is 8.65. The molecule has 0 aromatic heterocycles. The smallest absolute Gasteiger partial charge is 0.312 e. The summed E-state index contributed by atoms with van der Waals surface area (Å²) >= 11 is 0. The largest absolute Gasteiger partial charge is 0.481 e. The standard InChI is InChI=1S/C13H22N2O4/c16-12(9-13(17)18)15-5-2-4-14(6-7-15)10-11-3-1-8-19-11/h11H,1-10H2,(H,17,18). The molecule has 0 radical (unpaired) electrons. The molecule has 0 saturated carbocycles. The monoisotopic (exact) mass is 270 g/mol. The summed E-state index contributed by atoms with van der Waals surface area (Å²) in [6.07, 6.45) is 3.10. The maximum atomic E-state index is 11.7. The van der Waals surface area contributed by atoms with Gasteiger partial charge in [0.25, 0.3) is 0 Å². The maximum Gasteiger partial charge on any atom is 0.312 e. The predicted octanol–water partition coefficient (Wildman–Crippen LogP) is 0.174. The van der Waals surface area contributed by atoms with Crippen LogP contribution in [0.2, 0.25) is 0 Å². The van der Waals surface area contributed by atoms with Gasteiger partial charge < -0.3 is 14.7 Å². The molecule has 1 atom stereocenters. The van der Waals surface area contributed by atoms with E-state index in [1.807, 2.05) is 0 Å². The van der Waals surface area contributed by atoms with Gasteiger partial charge in [-0.15, -0.1) is 0 Å². The van der Waals surface area contributed by atoms with Crippen LogP contribution in [0.15, 0.2) is 0 Å². The minimum Gasteiger partial charge on any atom is -0.481 e. The Kier molecular flexibility index (Phi) is 5.15. The van der Waals surface area contributed by atoms with Gasteiger partial charge in [-0.3, -0.25) is 14.5 Å². The van der Waals surface area contributed by atoms with Gasteiger partial charge in [0.1, 0.15) is 6.42 Å². The van der Waals surface area contributed by atoms with Crippen LogP contribution < -0.4 is 0 Å². The molecule has 108 valence electrons. The van der Waals surface area contributed by atoms with Crippen molar-refractivity contribution in [2.45, 2.75) is 31.8 Å². The second kappa shape index (κ2) is 6.86. The Morgan fingerprint density at radius 2 is 2.00 bits per heavy atom. The van der Waals surface area contributed by atoms with Gasteiger partial charge in [-0.2, -0.15) is 0 Å². The first kappa shape index (κ1) is 14.3. The van der Waals surface area contributed by atoms with Crippen LogP contribution in [0.1, 0.15) is 25.7 Å². The topological polar surface area (TPSA) is 70.1 Å². The molecule has 0 aromatic carbocycles. The van der Waals surface area contributed by atoms with E-state index in [-0.39, 0.29) is 5.91 Å². The Bertz CT molecular complexity index is 329. The number of ether oxygens (including phenoxy) is 1. The molecule has 2 fully saturated rings. The lowest BCUT2D eigenvalue weighted by molar-refractivity contribution is -0.144. The molecule has 0 spiro atoms. The highest BCUT2D eigenvalue weighted by atomic mass is 16.5. The molecule has 2 heterocycles. The summed E-state index contributed by atoms with van der Waals surface area (Å²) in [7, 11) is 0. The van der Waals surface area contributed by atoms with Crippen molar-refractivity contribution in [1.82, 2.24) is 9.80 Å². The Hall–Kier alpha value is -1.14. The third-order valence-corrected chi connectivity index (χ3v) is 3.73. The van der Waals surface area contributed by atoms with Crippen LogP contribution in [-0.2, 0) is 14.3 Å². The van der Waals surface area contributed by atoms with E-state index >= 15 is 0 Å². The summed E-state index contributed by atoms with van der Waals surface area (Å²) in [4.78, 5) is 26.3. The van der Waals surface area contributed by atoms with Gasteiger partial charge >= 0.3 is 5.97 Å². The number of carbonyl (C=O) groups is 2. The molecule has 1 amide bonds. The molecule has 0 aromatic rings. The van der Waals surface area contributed by atoms with E-state index in [0.29, 0.717) is 19.2 Å². The van der Waals surface area contributed by atoms with E-state index in [0.717, 1.165) is 45.5 Å². The lowest BCUT2D eigenvalue weighted by Crippen LogP contribution is -2.38. The number of carboxylic acids is 1. The average Bonchev–Trinajstić information content (AvgIpc) is 2.73. The molecule has 19 heavy (non-hydrogen) atoms. The van der Waals surface area contributed by atoms with E-state index in [9.17, 15) is 9.59 Å². The highest BCUT2D eigenvalue weighted by molar-refractivity contribution is 5.93. The van der Waals surface area contributed by atoms with Crippen molar-refractivity contribution in [1.29, 1.82) is 0 Å². The summed E-state index contributed by atoms with van der Waals surface area (Å²) in [5.74, 6) is -1.32. The molecule has 6 heteroatoms. The van der Waals surface area contributed by atoms with E-state index in [1.165, 1.54) is 0 Å². The number of hydrogen-bond acceptors (Lipinski definition) is 4. The summed E-state index contributed by atoms with van der Waals surface area (Å²) < 4.78 is 5.62. The van der Waals surface area contributed by atoms with E-state index in [2.05, 4.69) is 4.90 Å². The Labute approximate surface area is 113 Å². The van der Waals surface area contributed by atoms with Gasteiger partial charge in [-0.05, 0) is 25.8 Å². The van der Waals surface area contributed by atoms with Crippen molar-refractivity contribution in [3.05, 3.63) is 0 Å². The fraction of sp³-hybridized carbons (Fsp3) is 0.846. The van der Waals surface area contributed by atoms with Crippen LogP contribution in [0, 0.1) is 0 Å². The molecule has 2 saturated heterocycles. The number of carboxylic acid groups (broad SMARTS) is 1. The molecular weight excluding hydrogens is 248 g/mol. The SMILES string of the molecule is O=C(O)CC(=O)N1CCCN(CC2CCCO2)CC1. The zero-order valence-corrected chi connectivity index (χ0v) is 11.2. The van der Waals surface area contributed by atoms with Gasteiger partial charge in [0.05, 0.1) is 6.10 Å². The summed E-state index contributed by atoms with van der Waals surface area (Å²) in [6, 6.07) is 0. The van der Waals surface area contributed by atoms with Crippen molar-refractivity contribution in [2.75, 3.05) is 39.3 Å². The fourth-order valence-corrected chi connectivity index (χ4v) is 2.72. The first-order valence-electron chi connectivity index (χ1n) is 6.98. The van der Waals surface area contributed by atoms with Crippen LogP contribution in [0.3, 0.4) is 0 Å². The molecule has 0 bridgehead atoms. The molecule has 2 aliphatic rings. The third-order valence-electron chi connectivity index (χ3n) is 3.73. The maximum absolute atomic E-state index is 11.7. The molecule has 0 aliphatic carbocycles. The Balaban J connectivity index is 1.77. The van der Waals surface area contributed by atoms with Crippen molar-refractivity contribution in [3.8, 4) is 0 Å². The summed E-state index contributed by atoms with van der Waals surface area (Å²) in [6.45, 7) is 4.84. The van der Waals surface area contributed by atoms with Crippen LogP contribution >= 0.6 is 0 Å². The first-order valence-corrected chi connectivity index (χ1v) is 6.98. The quantitative estimate of drug-likeness (QED) is 0.738. The van der Waals surface area contributed by atoms with Gasteiger partial charge in [-0.25, -0.2) is 0 Å². The van der Waals surface area contributed by atoms with Crippen LogP contribution in [0.5, 0.6) is 0 Å². The molecule has 1 N–H and O–H groups in total. The Morgan fingerprint density at radius 1 is 1.16 bits per heavy atom. The normalized spacial score (nSPS) is 25.3. The number of rotatable bonds is 4. The highest BCUT2D eigenvalue weighted by Crippen LogP contribution is 2.14. The van der Waals surface area contributed by atoms with Crippen molar-refractivity contribution in [2.24, 2.45) is 0 Å². The second-order valence-corrected chi connectivity index (χ2v) is 5.24. The molecule has 1 unspecified atom stereocenters. The van der Waals surface area contributed by atoms with E-state index < -0.39 is 12.4 Å². The fourth-order valence-electron chi connectivity index (χ4n) is 2.72. The Morgan fingerprint density at radius 3 is 2.68 bits per heavy atom. The van der Waals surface area contributed by atoms with Crippen molar-refractivity contribution in [3.63, 3.8) is 0 Å². The predicted molar refractivity (Wildman–Crippen MR) is 68.9 cm³/mol. The molecule has 6 nitrogen and oxygen atoms in total. The van der Waals surface area contributed by atoms with Crippen LogP contribution in [0.4, 0.5) is 0 Å². The minimum atomic E-state index is -1.05. The van der Waals surface area contributed by atoms with Gasteiger partial charge in [0, 0.05) is 32.8 Å². The zero-order valence-electron chi connectivity index (χ0n) is 11.2. The average molecular weight is 270 g/mol. The number of hydrogen-bond donors (Lipinski definition) is 1. The summed E-state index contributed by atoms with van der Waals surface area (Å²) in [5.41, 5.74) is 0. The number of amides is 1. The highest BCUT2D eigenvalue weighted by Gasteiger charge is 2.23. The van der Waals surface area contributed by atoms with Crippen molar-refractivity contribution >= 4 is 11.9 Å². The second-order valence-electron chi connectivity index (χ2n) is 5.24. The van der Waals surface area contributed by atoms with Gasteiger partial charge in [0.2, 0.25) is 5.91 Å². The third kappa shape index (κ3) is 4.47. The molecular formula is C13H22N2O4. The number of aliphatic carboxylic acids is 1. The number of nitrogens with zero attached hydrogens (tertiary/aromatic N) is 2. The van der Waals surface area contributed by atoms with Gasteiger partial charge in [-0.1, -0.05) is 0 Å². The van der Waals surface area contributed by atoms with E-state index in [4.69, 9.17) is 9.84 Å². The van der Waals surface area contributed by atoms with Crippen molar-refractivity contribution < 1.29 is 19.4 Å². The van der Waals surface area contributed by atoms with E-state index in [1.54, 1.807) is 4.90 Å². The van der Waals surface area contributed by atoms with Crippen LogP contribution in [-0.4, -0.2) is 72.2 Å². The minimum absolute atomic E-state index is 0.272.